The van der Waals surface area contributed by atoms with Crippen LogP contribution in [0.15, 0.2) is 98.8 Å². The summed E-state index contributed by atoms with van der Waals surface area (Å²) in [5, 5.41) is 2.68. The number of ether oxygens (including phenoxy) is 4. The quantitative estimate of drug-likeness (QED) is 0.144. The Morgan fingerprint density at radius 3 is 2.49 bits per heavy atom. The Kier molecular flexibility index (Phi) is 9.81. The molecular formula is C36H30BrClN2O6S. The summed E-state index contributed by atoms with van der Waals surface area (Å²) in [6, 6.07) is 22.5. The fraction of sp³-hybridized carbons (Fsp3) is 0.194. The van der Waals surface area contributed by atoms with Crippen molar-refractivity contribution in [2.45, 2.75) is 26.5 Å². The lowest BCUT2D eigenvalue weighted by molar-refractivity contribution is -0.136. The summed E-state index contributed by atoms with van der Waals surface area (Å²) in [5.41, 5.74) is 2.25. The first-order valence-electron chi connectivity index (χ1n) is 14.9. The standard InChI is InChI=1S/C36H30BrClN2O6S/c1-4-44-29-13-12-25(18-30(29)45-5-2)32-26(35(42)43-3)19-39-36-40(32)34(41)31(47-36)17-22-15-27(37)33(28(38)16-22)46-20-21-10-11-23-8-6-7-9-24(23)14-21/h6-19,32H,4-5,20H2,1-3H3/b31-17-/t32-/m1/s1. The van der Waals surface area contributed by atoms with Gasteiger partial charge in [-0.1, -0.05) is 65.4 Å². The van der Waals surface area contributed by atoms with E-state index < -0.39 is 12.0 Å². The molecule has 1 atom stereocenters. The van der Waals surface area contributed by atoms with Gasteiger partial charge in [0.1, 0.15) is 6.61 Å². The van der Waals surface area contributed by atoms with Crippen molar-refractivity contribution in [3.8, 4) is 17.2 Å². The third kappa shape index (κ3) is 6.72. The third-order valence-corrected chi connectivity index (χ3v) is 9.39. The number of rotatable bonds is 10. The van der Waals surface area contributed by atoms with E-state index in [1.54, 1.807) is 24.3 Å². The van der Waals surface area contributed by atoms with E-state index in [-0.39, 0.29) is 11.1 Å². The maximum absolute atomic E-state index is 14.0. The lowest BCUT2D eigenvalue weighted by Crippen LogP contribution is -2.39. The molecule has 1 aromatic heterocycles. The molecule has 0 unspecified atom stereocenters. The molecule has 5 aromatic rings. The highest BCUT2D eigenvalue weighted by molar-refractivity contribution is 9.10. The molecule has 4 aromatic carbocycles. The van der Waals surface area contributed by atoms with Crippen LogP contribution in [0.4, 0.5) is 0 Å². The molecule has 0 spiro atoms. The van der Waals surface area contributed by atoms with Crippen molar-refractivity contribution in [3.05, 3.63) is 130 Å². The topological polar surface area (TPSA) is 88.4 Å². The van der Waals surface area contributed by atoms with E-state index in [1.165, 1.54) is 29.2 Å². The van der Waals surface area contributed by atoms with Crippen LogP contribution < -0.4 is 29.1 Å². The van der Waals surface area contributed by atoms with Gasteiger partial charge in [-0.3, -0.25) is 9.36 Å². The minimum absolute atomic E-state index is 0.219. The molecule has 1 aliphatic heterocycles. The second-order valence-corrected chi connectivity index (χ2v) is 12.8. The molecule has 47 heavy (non-hydrogen) atoms. The maximum atomic E-state index is 14.0. The smallest absolute Gasteiger partial charge is 0.337 e. The molecule has 1 aliphatic rings. The van der Waals surface area contributed by atoms with Crippen molar-refractivity contribution in [1.82, 2.24) is 4.57 Å². The van der Waals surface area contributed by atoms with E-state index in [0.29, 0.717) is 67.0 Å². The van der Waals surface area contributed by atoms with Crippen LogP contribution in [0.5, 0.6) is 17.2 Å². The molecule has 0 aliphatic carbocycles. The minimum Gasteiger partial charge on any atom is -0.490 e. The number of methoxy groups -OCH3 is 1. The van der Waals surface area contributed by atoms with Gasteiger partial charge in [-0.05, 0) is 93.6 Å². The summed E-state index contributed by atoms with van der Waals surface area (Å²) < 4.78 is 25.3. The summed E-state index contributed by atoms with van der Waals surface area (Å²) in [6.07, 6.45) is 3.20. The average molecular weight is 734 g/mol. The number of carbonyl (C=O) groups is 1. The molecule has 0 fully saturated rings. The van der Waals surface area contributed by atoms with Crippen LogP contribution in [0, 0.1) is 0 Å². The molecule has 0 bridgehead atoms. The molecule has 0 saturated heterocycles. The molecular weight excluding hydrogens is 704 g/mol. The second-order valence-electron chi connectivity index (χ2n) is 10.5. The number of thiazole rings is 1. The fourth-order valence-corrected chi connectivity index (χ4v) is 7.38. The van der Waals surface area contributed by atoms with E-state index in [4.69, 9.17) is 30.5 Å². The van der Waals surface area contributed by atoms with Gasteiger partial charge in [-0.2, -0.15) is 0 Å². The molecule has 2 heterocycles. The Hall–Kier alpha value is -4.38. The van der Waals surface area contributed by atoms with E-state index in [2.05, 4.69) is 45.2 Å². The zero-order valence-corrected chi connectivity index (χ0v) is 28.9. The molecule has 0 N–H and O–H groups in total. The van der Waals surface area contributed by atoms with Gasteiger partial charge in [0.25, 0.3) is 5.56 Å². The van der Waals surface area contributed by atoms with E-state index in [1.807, 2.05) is 44.2 Å². The van der Waals surface area contributed by atoms with Crippen molar-refractivity contribution in [2.75, 3.05) is 20.3 Å². The Balaban J connectivity index is 1.35. The van der Waals surface area contributed by atoms with Gasteiger partial charge in [-0.25, -0.2) is 9.79 Å². The van der Waals surface area contributed by atoms with Gasteiger partial charge in [0.15, 0.2) is 22.0 Å². The van der Waals surface area contributed by atoms with Gasteiger partial charge in [-0.15, -0.1) is 0 Å². The van der Waals surface area contributed by atoms with E-state index in [0.717, 1.165) is 16.3 Å². The van der Waals surface area contributed by atoms with E-state index >= 15 is 0 Å². The molecule has 6 rings (SSSR count). The van der Waals surface area contributed by atoms with Gasteiger partial charge in [0, 0.05) is 6.20 Å². The van der Waals surface area contributed by atoms with Crippen LogP contribution >= 0.6 is 38.9 Å². The predicted molar refractivity (Wildman–Crippen MR) is 187 cm³/mol. The fourth-order valence-electron chi connectivity index (χ4n) is 5.42. The Bertz CT molecular complexity index is 2190. The zero-order chi connectivity index (χ0) is 33.1. The van der Waals surface area contributed by atoms with Gasteiger partial charge < -0.3 is 18.9 Å². The average Bonchev–Trinajstić information content (AvgIpc) is 3.38. The Labute approximate surface area is 288 Å². The molecule has 8 nitrogen and oxygen atoms in total. The SMILES string of the molecule is CCOc1ccc([C@@H]2C(C(=O)OC)=CN=c3s/c(=C\c4cc(Cl)c(OCc5ccc6ccccc6c5)c(Br)c4)c(=O)n32)cc1OCC. The van der Waals surface area contributed by atoms with Crippen LogP contribution in [-0.2, 0) is 16.1 Å². The molecule has 240 valence electrons. The highest BCUT2D eigenvalue weighted by atomic mass is 79.9. The Morgan fingerprint density at radius 2 is 1.74 bits per heavy atom. The minimum atomic E-state index is -0.795. The molecule has 11 heteroatoms. The first kappa shape index (κ1) is 32.6. The predicted octanol–water partition coefficient (Wildman–Crippen LogP) is 6.96. The van der Waals surface area contributed by atoms with Gasteiger partial charge in [0.2, 0.25) is 0 Å². The first-order valence-corrected chi connectivity index (χ1v) is 16.9. The summed E-state index contributed by atoms with van der Waals surface area (Å²) in [6.45, 7) is 4.97. The number of esters is 1. The number of aromatic nitrogens is 1. The van der Waals surface area contributed by atoms with Crippen LogP contribution in [-0.4, -0.2) is 30.9 Å². The lowest BCUT2D eigenvalue weighted by Gasteiger charge is -2.23. The monoisotopic (exact) mass is 732 g/mol. The van der Waals surface area contributed by atoms with Crippen LogP contribution in [0.1, 0.15) is 36.6 Å². The van der Waals surface area contributed by atoms with E-state index in [9.17, 15) is 9.59 Å². The number of carbonyl (C=O) groups excluding carboxylic acids is 1. The van der Waals surface area contributed by atoms with Crippen LogP contribution in [0.2, 0.25) is 5.02 Å². The second kappa shape index (κ2) is 14.2. The van der Waals surface area contributed by atoms with Gasteiger partial charge >= 0.3 is 5.97 Å². The van der Waals surface area contributed by atoms with Crippen molar-refractivity contribution >= 4 is 61.7 Å². The summed E-state index contributed by atoms with van der Waals surface area (Å²) in [4.78, 5) is 31.8. The van der Waals surface area contributed by atoms with Gasteiger partial charge in [0.05, 0.1) is 46.0 Å². The summed E-state index contributed by atoms with van der Waals surface area (Å²) in [7, 11) is 1.30. The molecule has 0 amide bonds. The number of hydrogen-bond acceptors (Lipinski definition) is 8. The lowest BCUT2D eigenvalue weighted by atomic mass is 9.97. The van der Waals surface area contributed by atoms with Crippen molar-refractivity contribution in [1.29, 1.82) is 0 Å². The largest absolute Gasteiger partial charge is 0.490 e. The molecule has 0 saturated carbocycles. The third-order valence-electron chi connectivity index (χ3n) is 7.52. The maximum Gasteiger partial charge on any atom is 0.337 e. The molecule has 0 radical (unpaired) electrons. The normalized spacial score (nSPS) is 14.3. The zero-order valence-electron chi connectivity index (χ0n) is 25.8. The number of hydrogen-bond donors (Lipinski definition) is 0. The summed E-state index contributed by atoms with van der Waals surface area (Å²) in [5.74, 6) is 0.996. The summed E-state index contributed by atoms with van der Waals surface area (Å²) >= 11 is 11.5. The van der Waals surface area contributed by atoms with Crippen molar-refractivity contribution in [2.24, 2.45) is 4.99 Å². The van der Waals surface area contributed by atoms with Crippen molar-refractivity contribution in [3.63, 3.8) is 0 Å². The van der Waals surface area contributed by atoms with Crippen LogP contribution in [0.25, 0.3) is 16.8 Å². The highest BCUT2D eigenvalue weighted by Crippen LogP contribution is 2.37. The number of benzene rings is 4. The highest BCUT2D eigenvalue weighted by Gasteiger charge is 2.31. The number of nitrogens with zero attached hydrogens (tertiary/aromatic N) is 2. The number of fused-ring (bicyclic) bond motifs is 2. The van der Waals surface area contributed by atoms with Crippen molar-refractivity contribution < 1.29 is 23.7 Å². The van der Waals surface area contributed by atoms with Crippen LogP contribution in [0.3, 0.4) is 0 Å². The Morgan fingerprint density at radius 1 is 0.979 bits per heavy atom. The number of halogens is 2. The first-order chi connectivity index (χ1) is 22.8.